The molecule has 1 N–H and O–H groups in total. The van der Waals surface area contributed by atoms with Gasteiger partial charge in [-0.05, 0) is 12.0 Å². The molecule has 0 radical (unpaired) electrons. The molecule has 0 aliphatic carbocycles. The van der Waals surface area contributed by atoms with Crippen LogP contribution in [0.15, 0.2) is 12.3 Å². The van der Waals surface area contributed by atoms with Crippen LogP contribution in [0.25, 0.3) is 0 Å². The summed E-state index contributed by atoms with van der Waals surface area (Å²) in [7, 11) is 0. The molecule has 2 rings (SSSR count). The molecule has 6 heteroatoms. The van der Waals surface area contributed by atoms with E-state index in [0.717, 1.165) is 6.20 Å². The van der Waals surface area contributed by atoms with Gasteiger partial charge in [0.05, 0.1) is 11.9 Å². The molecule has 1 aromatic rings. The second-order valence-electron chi connectivity index (χ2n) is 4.47. The van der Waals surface area contributed by atoms with Gasteiger partial charge in [0.1, 0.15) is 0 Å². The van der Waals surface area contributed by atoms with Gasteiger partial charge >= 0.3 is 6.03 Å². The lowest BCUT2D eigenvalue weighted by Gasteiger charge is -2.27. The van der Waals surface area contributed by atoms with E-state index in [0.29, 0.717) is 5.69 Å². The Morgan fingerprint density at radius 2 is 2.17 bits per heavy atom. The van der Waals surface area contributed by atoms with Gasteiger partial charge in [0.25, 0.3) is 0 Å². The number of halogens is 1. The van der Waals surface area contributed by atoms with E-state index in [1.54, 1.807) is 6.07 Å². The summed E-state index contributed by atoms with van der Waals surface area (Å²) in [6.07, 6.45) is 1.28. The lowest BCUT2D eigenvalue weighted by atomic mass is 10.1. The first-order chi connectivity index (χ1) is 8.49. The Bertz CT molecular complexity index is 502. The van der Waals surface area contributed by atoms with Crippen molar-refractivity contribution in [2.75, 3.05) is 11.4 Å². The van der Waals surface area contributed by atoms with Crippen LogP contribution in [0.1, 0.15) is 31.9 Å². The highest BCUT2D eigenvalue weighted by Crippen LogP contribution is 2.24. The fourth-order valence-electron chi connectivity index (χ4n) is 1.76. The summed E-state index contributed by atoms with van der Waals surface area (Å²) in [5.74, 6) is -0.766. The van der Waals surface area contributed by atoms with Gasteiger partial charge in [-0.3, -0.25) is 20.0 Å². The predicted molar refractivity (Wildman–Crippen MR) is 63.8 cm³/mol. The number of rotatable bonds is 2. The summed E-state index contributed by atoms with van der Waals surface area (Å²) in [6.45, 7) is 4.05. The Morgan fingerprint density at radius 3 is 2.78 bits per heavy atom. The van der Waals surface area contributed by atoms with Gasteiger partial charge < -0.3 is 0 Å². The SMILES string of the molecule is CC(C)c1cc(N2CCC(=O)NC2=O)c(F)cn1. The van der Waals surface area contributed by atoms with Crippen LogP contribution in [0.2, 0.25) is 0 Å². The molecule has 0 unspecified atom stereocenters. The smallest absolute Gasteiger partial charge is 0.291 e. The standard InChI is InChI=1S/C12H14FN3O2/c1-7(2)9-5-10(8(13)6-14-9)16-4-3-11(17)15-12(16)18/h5-7H,3-4H2,1-2H3,(H,15,17,18). The average Bonchev–Trinajstić information content (AvgIpc) is 2.30. The monoisotopic (exact) mass is 251 g/mol. The van der Waals surface area contributed by atoms with Gasteiger partial charge in [0.15, 0.2) is 5.82 Å². The molecule has 0 aromatic carbocycles. The molecule has 1 aliphatic heterocycles. The molecule has 1 aromatic heterocycles. The van der Waals surface area contributed by atoms with Crippen molar-refractivity contribution in [2.45, 2.75) is 26.2 Å². The maximum absolute atomic E-state index is 13.7. The molecule has 1 fully saturated rings. The van der Waals surface area contributed by atoms with Crippen LogP contribution in [0.4, 0.5) is 14.9 Å². The zero-order valence-electron chi connectivity index (χ0n) is 10.2. The molecular weight excluding hydrogens is 237 g/mol. The van der Waals surface area contributed by atoms with Gasteiger partial charge in [-0.25, -0.2) is 9.18 Å². The van der Waals surface area contributed by atoms with Gasteiger partial charge in [0.2, 0.25) is 5.91 Å². The third kappa shape index (κ3) is 2.32. The number of amides is 3. The molecule has 0 atom stereocenters. The first-order valence-corrected chi connectivity index (χ1v) is 5.76. The molecule has 5 nitrogen and oxygen atoms in total. The van der Waals surface area contributed by atoms with Gasteiger partial charge in [0, 0.05) is 18.7 Å². The van der Waals surface area contributed by atoms with Crippen molar-refractivity contribution in [3.8, 4) is 0 Å². The number of aromatic nitrogens is 1. The summed E-state index contributed by atoms with van der Waals surface area (Å²) in [4.78, 5) is 27.9. The lowest BCUT2D eigenvalue weighted by Crippen LogP contribution is -2.50. The zero-order chi connectivity index (χ0) is 13.3. The number of imide groups is 1. The van der Waals surface area contributed by atoms with E-state index in [4.69, 9.17) is 0 Å². The molecular formula is C12H14FN3O2. The third-order valence-corrected chi connectivity index (χ3v) is 2.79. The van der Waals surface area contributed by atoms with E-state index in [1.165, 1.54) is 4.90 Å². The van der Waals surface area contributed by atoms with Crippen LogP contribution >= 0.6 is 0 Å². The first-order valence-electron chi connectivity index (χ1n) is 5.76. The number of nitrogens with zero attached hydrogens (tertiary/aromatic N) is 2. The molecule has 3 amide bonds. The number of carbonyl (C=O) groups excluding carboxylic acids is 2. The van der Waals surface area contributed by atoms with Crippen molar-refractivity contribution in [1.29, 1.82) is 0 Å². The topological polar surface area (TPSA) is 62.3 Å². The van der Waals surface area contributed by atoms with E-state index in [1.807, 2.05) is 13.8 Å². The van der Waals surface area contributed by atoms with Gasteiger partial charge in [-0.2, -0.15) is 0 Å². The molecule has 1 saturated heterocycles. The second kappa shape index (κ2) is 4.72. The van der Waals surface area contributed by atoms with Crippen molar-refractivity contribution >= 4 is 17.6 Å². The number of urea groups is 1. The molecule has 0 saturated carbocycles. The van der Waals surface area contributed by atoms with Gasteiger partial charge in [-0.15, -0.1) is 0 Å². The maximum atomic E-state index is 13.7. The number of anilines is 1. The highest BCUT2D eigenvalue weighted by molar-refractivity contribution is 6.05. The van der Waals surface area contributed by atoms with Crippen LogP contribution in [0.3, 0.4) is 0 Å². The molecule has 18 heavy (non-hydrogen) atoms. The summed E-state index contributed by atoms with van der Waals surface area (Å²) < 4.78 is 13.7. The minimum atomic E-state index is -0.592. The average molecular weight is 251 g/mol. The van der Waals surface area contributed by atoms with E-state index in [2.05, 4.69) is 10.3 Å². The third-order valence-electron chi connectivity index (χ3n) is 2.79. The van der Waals surface area contributed by atoms with E-state index >= 15 is 0 Å². The Hall–Kier alpha value is -1.98. The second-order valence-corrected chi connectivity index (χ2v) is 4.47. The van der Waals surface area contributed by atoms with Crippen molar-refractivity contribution < 1.29 is 14.0 Å². The fraction of sp³-hybridized carbons (Fsp3) is 0.417. The lowest BCUT2D eigenvalue weighted by molar-refractivity contribution is -0.120. The maximum Gasteiger partial charge on any atom is 0.328 e. The Morgan fingerprint density at radius 1 is 1.44 bits per heavy atom. The minimum absolute atomic E-state index is 0.138. The predicted octanol–water partition coefficient (Wildman–Crippen LogP) is 1.79. The van der Waals surface area contributed by atoms with Crippen molar-refractivity contribution in [2.24, 2.45) is 0 Å². The number of pyridine rings is 1. The quantitative estimate of drug-likeness (QED) is 0.871. The molecule has 2 heterocycles. The van der Waals surface area contributed by atoms with Crippen LogP contribution in [-0.2, 0) is 4.79 Å². The first kappa shape index (κ1) is 12.5. The fourth-order valence-corrected chi connectivity index (χ4v) is 1.76. The Kier molecular flexibility index (Phi) is 3.27. The number of carbonyl (C=O) groups is 2. The molecule has 96 valence electrons. The molecule has 0 spiro atoms. The van der Waals surface area contributed by atoms with Crippen LogP contribution < -0.4 is 10.2 Å². The van der Waals surface area contributed by atoms with E-state index in [-0.39, 0.29) is 30.5 Å². The van der Waals surface area contributed by atoms with E-state index < -0.39 is 11.8 Å². The van der Waals surface area contributed by atoms with Crippen molar-refractivity contribution in [3.05, 3.63) is 23.8 Å². The van der Waals surface area contributed by atoms with Gasteiger partial charge in [-0.1, -0.05) is 13.8 Å². The highest BCUT2D eigenvalue weighted by Gasteiger charge is 2.26. The molecule has 0 bridgehead atoms. The van der Waals surface area contributed by atoms with Crippen LogP contribution in [0, 0.1) is 5.82 Å². The summed E-state index contributed by atoms with van der Waals surface area (Å²) in [6, 6.07) is 0.959. The zero-order valence-corrected chi connectivity index (χ0v) is 10.2. The summed E-state index contributed by atoms with van der Waals surface area (Å²) in [5, 5.41) is 2.16. The van der Waals surface area contributed by atoms with Crippen molar-refractivity contribution in [1.82, 2.24) is 10.3 Å². The number of hydrogen-bond acceptors (Lipinski definition) is 3. The molecule has 1 aliphatic rings. The van der Waals surface area contributed by atoms with Crippen LogP contribution in [-0.4, -0.2) is 23.5 Å². The minimum Gasteiger partial charge on any atom is -0.291 e. The number of nitrogens with one attached hydrogen (secondary N) is 1. The highest BCUT2D eigenvalue weighted by atomic mass is 19.1. The number of hydrogen-bond donors (Lipinski definition) is 1. The van der Waals surface area contributed by atoms with Crippen molar-refractivity contribution in [3.63, 3.8) is 0 Å². The normalized spacial score (nSPS) is 16.1. The largest absolute Gasteiger partial charge is 0.328 e. The van der Waals surface area contributed by atoms with Crippen LogP contribution in [0.5, 0.6) is 0 Å². The van der Waals surface area contributed by atoms with E-state index in [9.17, 15) is 14.0 Å². The Balaban J connectivity index is 2.35. The summed E-state index contributed by atoms with van der Waals surface area (Å²) in [5.41, 5.74) is 0.870. The summed E-state index contributed by atoms with van der Waals surface area (Å²) >= 11 is 0. The Labute approximate surface area is 104 Å².